The summed E-state index contributed by atoms with van der Waals surface area (Å²) in [5.41, 5.74) is -1.84. The molecule has 0 radical (unpaired) electrons. The van der Waals surface area contributed by atoms with Gasteiger partial charge >= 0.3 is 5.97 Å². The van der Waals surface area contributed by atoms with Crippen LogP contribution in [0.15, 0.2) is 29.2 Å². The van der Waals surface area contributed by atoms with Crippen LogP contribution < -0.4 is 0 Å². The number of amides is 1. The smallest absolute Gasteiger partial charge is 0.335 e. The predicted molar refractivity (Wildman–Crippen MR) is 89.7 cm³/mol. The molecule has 0 saturated carbocycles. The number of carboxylic acid groups (broad SMARTS) is 1. The van der Waals surface area contributed by atoms with Crippen LogP contribution in [-0.2, 0) is 19.6 Å². The van der Waals surface area contributed by atoms with Crippen molar-refractivity contribution in [3.05, 3.63) is 29.3 Å². The molecule has 1 fully saturated rings. The Morgan fingerprint density at radius 1 is 1.24 bits per heavy atom. The van der Waals surface area contributed by atoms with Gasteiger partial charge in [0.05, 0.1) is 11.4 Å². The van der Waals surface area contributed by atoms with E-state index in [2.05, 4.69) is 0 Å². The number of aliphatic carboxylic acids is 1. The number of aliphatic hydroxyl groups is 1. The van der Waals surface area contributed by atoms with Crippen molar-refractivity contribution in [2.24, 2.45) is 0 Å². The molecule has 0 aromatic heterocycles. The highest BCUT2D eigenvalue weighted by Gasteiger charge is 2.40. The van der Waals surface area contributed by atoms with E-state index in [9.17, 15) is 23.1 Å². The first-order chi connectivity index (χ1) is 11.6. The van der Waals surface area contributed by atoms with Gasteiger partial charge in [-0.05, 0) is 24.3 Å². The summed E-state index contributed by atoms with van der Waals surface area (Å²) in [6, 6.07) is 5.60. The number of rotatable bonds is 5. The Balaban J connectivity index is 2.01. The molecule has 1 saturated heterocycles. The number of carboxylic acids is 1. The molecule has 1 aromatic rings. The largest absolute Gasteiger partial charge is 0.479 e. The van der Waals surface area contributed by atoms with Crippen LogP contribution in [0.5, 0.6) is 0 Å². The van der Waals surface area contributed by atoms with Gasteiger partial charge in [0, 0.05) is 38.0 Å². The topological polar surface area (TPSA) is 115 Å². The lowest BCUT2D eigenvalue weighted by molar-refractivity contribution is -0.165. The van der Waals surface area contributed by atoms with Crippen molar-refractivity contribution in [2.45, 2.75) is 23.3 Å². The maximum Gasteiger partial charge on any atom is 0.335 e. The minimum atomic E-state index is -3.84. The van der Waals surface area contributed by atoms with Crippen LogP contribution in [0.4, 0.5) is 0 Å². The van der Waals surface area contributed by atoms with Gasteiger partial charge in [-0.3, -0.25) is 4.79 Å². The van der Waals surface area contributed by atoms with Gasteiger partial charge in [0.1, 0.15) is 0 Å². The zero-order chi connectivity index (χ0) is 18.8. The van der Waals surface area contributed by atoms with Crippen LogP contribution in [-0.4, -0.2) is 72.0 Å². The van der Waals surface area contributed by atoms with Crippen LogP contribution in [0.25, 0.3) is 0 Å². The normalized spacial score (nSPS) is 17.5. The molecule has 1 heterocycles. The minimum absolute atomic E-state index is 0.0195. The standard InChI is InChI=1S/C15H19ClN2O6S/c1-17(25(23,24)12-4-2-11(16)3-5-12)10-13(19)18-8-6-15(22,7-9-18)14(20)21/h2-5,22H,6-10H2,1H3,(H,20,21). The highest BCUT2D eigenvalue weighted by Crippen LogP contribution is 2.23. The van der Waals surface area contributed by atoms with E-state index in [1.165, 1.54) is 36.2 Å². The lowest BCUT2D eigenvalue weighted by Crippen LogP contribution is -2.52. The second-order valence-corrected chi connectivity index (χ2v) is 8.41. The number of carbonyl (C=O) groups is 2. The molecule has 138 valence electrons. The fourth-order valence-corrected chi connectivity index (χ4v) is 3.75. The number of hydrogen-bond acceptors (Lipinski definition) is 5. The molecule has 1 amide bonds. The van der Waals surface area contributed by atoms with Gasteiger partial charge in [-0.25, -0.2) is 13.2 Å². The molecule has 10 heteroatoms. The van der Waals surface area contributed by atoms with Gasteiger partial charge in [-0.1, -0.05) is 11.6 Å². The monoisotopic (exact) mass is 390 g/mol. The molecule has 0 unspecified atom stereocenters. The van der Waals surface area contributed by atoms with E-state index < -0.39 is 27.5 Å². The molecule has 25 heavy (non-hydrogen) atoms. The number of halogens is 1. The van der Waals surface area contributed by atoms with Gasteiger partial charge in [-0.15, -0.1) is 0 Å². The summed E-state index contributed by atoms with van der Waals surface area (Å²) in [4.78, 5) is 24.7. The molecule has 0 aliphatic carbocycles. The predicted octanol–water partition coefficient (Wildman–Crippen LogP) is 0.399. The number of hydrogen-bond donors (Lipinski definition) is 2. The first kappa shape index (κ1) is 19.6. The van der Waals surface area contributed by atoms with Gasteiger partial charge < -0.3 is 15.1 Å². The number of benzene rings is 1. The second kappa shape index (κ2) is 7.28. The summed E-state index contributed by atoms with van der Waals surface area (Å²) < 4.78 is 25.8. The first-order valence-corrected chi connectivity index (χ1v) is 9.33. The number of sulfonamides is 1. The summed E-state index contributed by atoms with van der Waals surface area (Å²) in [5, 5.41) is 19.2. The number of piperidine rings is 1. The Hall–Kier alpha value is -1.68. The van der Waals surface area contributed by atoms with E-state index in [0.29, 0.717) is 5.02 Å². The van der Waals surface area contributed by atoms with Gasteiger partial charge in [-0.2, -0.15) is 4.31 Å². The maximum atomic E-state index is 12.4. The molecule has 2 N–H and O–H groups in total. The van der Waals surface area contributed by atoms with Crippen LogP contribution in [0, 0.1) is 0 Å². The van der Waals surface area contributed by atoms with Crippen LogP contribution in [0.3, 0.4) is 0 Å². The van der Waals surface area contributed by atoms with E-state index in [4.69, 9.17) is 16.7 Å². The van der Waals surface area contributed by atoms with Gasteiger partial charge in [0.25, 0.3) is 0 Å². The Bertz CT molecular complexity index is 757. The van der Waals surface area contributed by atoms with Crippen LogP contribution in [0.2, 0.25) is 5.02 Å². The lowest BCUT2D eigenvalue weighted by atomic mass is 9.91. The Morgan fingerprint density at radius 2 is 1.76 bits per heavy atom. The molecular formula is C15H19ClN2O6S. The van der Waals surface area contributed by atoms with Crippen LogP contribution >= 0.6 is 11.6 Å². The second-order valence-electron chi connectivity index (χ2n) is 5.93. The summed E-state index contributed by atoms with van der Waals surface area (Å²) in [5.74, 6) is -1.77. The average molecular weight is 391 g/mol. The highest BCUT2D eigenvalue weighted by atomic mass is 35.5. The molecule has 1 aliphatic heterocycles. The summed E-state index contributed by atoms with van der Waals surface area (Å²) in [6.07, 6.45) is -0.191. The summed E-state index contributed by atoms with van der Waals surface area (Å²) in [6.45, 7) is -0.274. The quantitative estimate of drug-likeness (QED) is 0.751. The fourth-order valence-electron chi connectivity index (χ4n) is 2.50. The molecule has 2 rings (SSSR count). The molecule has 8 nitrogen and oxygen atoms in total. The minimum Gasteiger partial charge on any atom is -0.479 e. The van der Waals surface area contributed by atoms with Crippen molar-refractivity contribution in [3.8, 4) is 0 Å². The molecule has 0 atom stereocenters. The fraction of sp³-hybridized carbons (Fsp3) is 0.467. The van der Waals surface area contributed by atoms with Crippen molar-refractivity contribution in [2.75, 3.05) is 26.7 Å². The van der Waals surface area contributed by atoms with E-state index in [-0.39, 0.29) is 37.4 Å². The summed E-state index contributed by atoms with van der Waals surface area (Å²) in [7, 11) is -2.55. The third-order valence-electron chi connectivity index (χ3n) is 4.22. The Labute approximate surface area is 150 Å². The van der Waals surface area contributed by atoms with Crippen LogP contribution in [0.1, 0.15) is 12.8 Å². The lowest BCUT2D eigenvalue weighted by Gasteiger charge is -2.35. The highest BCUT2D eigenvalue weighted by molar-refractivity contribution is 7.89. The van der Waals surface area contributed by atoms with E-state index >= 15 is 0 Å². The molecular weight excluding hydrogens is 372 g/mol. The van der Waals surface area contributed by atoms with E-state index in [1.54, 1.807) is 0 Å². The first-order valence-electron chi connectivity index (χ1n) is 7.52. The zero-order valence-electron chi connectivity index (χ0n) is 13.6. The maximum absolute atomic E-state index is 12.4. The number of likely N-dealkylation sites (N-methyl/N-ethyl adjacent to an activating group) is 1. The van der Waals surface area contributed by atoms with Gasteiger partial charge in [0.15, 0.2) is 5.60 Å². The van der Waals surface area contributed by atoms with Crippen molar-refractivity contribution in [1.29, 1.82) is 0 Å². The SMILES string of the molecule is CN(CC(=O)N1CCC(O)(C(=O)O)CC1)S(=O)(=O)c1ccc(Cl)cc1. The van der Waals surface area contributed by atoms with Crippen molar-refractivity contribution in [3.63, 3.8) is 0 Å². The zero-order valence-corrected chi connectivity index (χ0v) is 15.1. The number of likely N-dealkylation sites (tertiary alicyclic amines) is 1. The molecule has 0 spiro atoms. The van der Waals surface area contributed by atoms with Crippen molar-refractivity contribution < 1.29 is 28.2 Å². The van der Waals surface area contributed by atoms with E-state index in [1.807, 2.05) is 0 Å². The average Bonchev–Trinajstić information content (AvgIpc) is 2.55. The molecule has 0 bridgehead atoms. The Kier molecular flexibility index (Phi) is 5.72. The molecule has 1 aliphatic rings. The Morgan fingerprint density at radius 3 is 2.24 bits per heavy atom. The van der Waals surface area contributed by atoms with E-state index in [0.717, 1.165) is 4.31 Å². The van der Waals surface area contributed by atoms with Gasteiger partial charge in [0.2, 0.25) is 15.9 Å². The third kappa shape index (κ3) is 4.30. The number of nitrogens with zero attached hydrogens (tertiary/aromatic N) is 2. The molecule has 1 aromatic carbocycles. The third-order valence-corrected chi connectivity index (χ3v) is 6.29. The number of carbonyl (C=O) groups excluding carboxylic acids is 1. The van der Waals surface area contributed by atoms with Crippen molar-refractivity contribution in [1.82, 2.24) is 9.21 Å². The summed E-state index contributed by atoms with van der Waals surface area (Å²) >= 11 is 5.74. The van der Waals surface area contributed by atoms with Crippen molar-refractivity contribution >= 4 is 33.5 Å².